The number of imidazole rings is 1. The van der Waals surface area contributed by atoms with Crippen LogP contribution in [0.3, 0.4) is 0 Å². The minimum absolute atomic E-state index is 0.211. The fourth-order valence-electron chi connectivity index (χ4n) is 3.37. The van der Waals surface area contributed by atoms with E-state index in [1.54, 1.807) is 29.3 Å². The van der Waals surface area contributed by atoms with Crippen molar-refractivity contribution in [3.8, 4) is 11.3 Å². The molecule has 8 heteroatoms. The van der Waals surface area contributed by atoms with Gasteiger partial charge in [0.05, 0.1) is 24.6 Å². The quantitative estimate of drug-likeness (QED) is 0.475. The summed E-state index contributed by atoms with van der Waals surface area (Å²) in [4.78, 5) is 17.3. The minimum atomic E-state index is -0.211. The number of hydrogen-bond donors (Lipinski definition) is 1. The van der Waals surface area contributed by atoms with Crippen LogP contribution in [0.25, 0.3) is 11.3 Å². The Morgan fingerprint density at radius 2 is 2.00 bits per heavy atom. The van der Waals surface area contributed by atoms with Gasteiger partial charge in [-0.05, 0) is 48.7 Å². The van der Waals surface area contributed by atoms with E-state index in [9.17, 15) is 4.79 Å². The van der Waals surface area contributed by atoms with Crippen molar-refractivity contribution in [3.05, 3.63) is 81.7 Å². The lowest BCUT2D eigenvalue weighted by atomic mass is 10.0. The van der Waals surface area contributed by atoms with Crippen LogP contribution in [0.2, 0.25) is 0 Å². The summed E-state index contributed by atoms with van der Waals surface area (Å²) in [5, 5.41) is 10.7. The summed E-state index contributed by atoms with van der Waals surface area (Å²) in [5.74, 6) is 0.283. The molecule has 0 unspecified atom stereocenters. The van der Waals surface area contributed by atoms with Crippen LogP contribution >= 0.6 is 15.9 Å². The number of nitrogens with one attached hydrogen (secondary N) is 1. The Morgan fingerprint density at radius 3 is 2.77 bits per heavy atom. The van der Waals surface area contributed by atoms with Crippen molar-refractivity contribution in [2.75, 3.05) is 5.32 Å². The van der Waals surface area contributed by atoms with E-state index in [1.165, 1.54) is 5.56 Å². The maximum absolute atomic E-state index is 12.8. The van der Waals surface area contributed by atoms with Crippen molar-refractivity contribution in [1.82, 2.24) is 24.5 Å². The highest BCUT2D eigenvalue weighted by molar-refractivity contribution is 9.10. The first-order chi connectivity index (χ1) is 14.4. The third kappa shape index (κ3) is 4.04. The van der Waals surface area contributed by atoms with E-state index in [1.807, 2.05) is 29.8 Å². The molecule has 0 aliphatic heterocycles. The number of hydrogen-bond acceptors (Lipinski definition) is 4. The third-order valence-electron chi connectivity index (χ3n) is 5.00. The molecular weight excluding hydrogens is 444 g/mol. The Bertz CT molecular complexity index is 1210. The number of amides is 1. The lowest BCUT2D eigenvalue weighted by molar-refractivity contribution is 0.102. The van der Waals surface area contributed by atoms with Crippen LogP contribution in [0, 0.1) is 13.8 Å². The number of carbonyl (C=O) groups excluding carboxylic acids is 1. The molecule has 2 heterocycles. The maximum atomic E-state index is 12.8. The second-order valence-electron chi connectivity index (χ2n) is 7.20. The maximum Gasteiger partial charge on any atom is 0.257 e. The van der Waals surface area contributed by atoms with Gasteiger partial charge in [0.15, 0.2) is 0 Å². The van der Waals surface area contributed by atoms with Gasteiger partial charge in [-0.25, -0.2) is 9.67 Å². The average molecular weight is 465 g/mol. The van der Waals surface area contributed by atoms with Gasteiger partial charge in [0.25, 0.3) is 5.91 Å². The summed E-state index contributed by atoms with van der Waals surface area (Å²) < 4.78 is 4.64. The van der Waals surface area contributed by atoms with Crippen molar-refractivity contribution in [2.24, 2.45) is 7.05 Å². The fraction of sp³-hybridized carbons (Fsp3) is 0.182. The fourth-order valence-corrected chi connectivity index (χ4v) is 3.71. The predicted octanol–water partition coefficient (Wildman–Crippen LogP) is 4.36. The normalized spacial score (nSPS) is 10.9. The molecule has 152 valence electrons. The van der Waals surface area contributed by atoms with E-state index in [0.29, 0.717) is 18.1 Å². The van der Waals surface area contributed by atoms with Crippen molar-refractivity contribution in [3.63, 3.8) is 0 Å². The first kappa shape index (κ1) is 20.0. The molecule has 7 nitrogen and oxygen atoms in total. The van der Waals surface area contributed by atoms with Gasteiger partial charge in [-0.1, -0.05) is 39.3 Å². The molecule has 0 saturated carbocycles. The predicted molar refractivity (Wildman–Crippen MR) is 119 cm³/mol. The van der Waals surface area contributed by atoms with Gasteiger partial charge in [-0.15, -0.1) is 5.10 Å². The van der Waals surface area contributed by atoms with E-state index < -0.39 is 0 Å². The molecule has 0 bridgehead atoms. The molecule has 2 aromatic heterocycles. The van der Waals surface area contributed by atoms with E-state index in [2.05, 4.69) is 62.5 Å². The van der Waals surface area contributed by atoms with Crippen molar-refractivity contribution in [1.29, 1.82) is 0 Å². The lowest BCUT2D eigenvalue weighted by Gasteiger charge is -2.11. The van der Waals surface area contributed by atoms with Crippen molar-refractivity contribution >= 4 is 27.8 Å². The van der Waals surface area contributed by atoms with Crippen LogP contribution < -0.4 is 5.32 Å². The number of halogens is 1. The molecule has 0 aliphatic carbocycles. The van der Waals surface area contributed by atoms with Gasteiger partial charge >= 0.3 is 0 Å². The molecule has 2 aromatic carbocycles. The Balaban J connectivity index is 1.56. The molecule has 4 rings (SSSR count). The third-order valence-corrected chi connectivity index (χ3v) is 5.86. The van der Waals surface area contributed by atoms with Crippen LogP contribution in [-0.2, 0) is 13.6 Å². The Kier molecular flexibility index (Phi) is 5.50. The molecule has 0 radical (unpaired) electrons. The van der Waals surface area contributed by atoms with Crippen LogP contribution in [0.5, 0.6) is 0 Å². The minimum Gasteiger partial charge on any atom is -0.313 e. The summed E-state index contributed by atoms with van der Waals surface area (Å²) in [5.41, 5.74) is 5.86. The zero-order valence-electron chi connectivity index (χ0n) is 16.9. The summed E-state index contributed by atoms with van der Waals surface area (Å²) >= 11 is 3.60. The molecule has 0 aliphatic rings. The largest absolute Gasteiger partial charge is 0.313 e. The van der Waals surface area contributed by atoms with Gasteiger partial charge in [-0.3, -0.25) is 10.1 Å². The number of aromatic nitrogens is 5. The second kappa shape index (κ2) is 8.23. The second-order valence-corrected chi connectivity index (χ2v) is 8.05. The molecule has 0 atom stereocenters. The highest BCUT2D eigenvalue weighted by Gasteiger charge is 2.15. The lowest BCUT2D eigenvalue weighted by Crippen LogP contribution is -2.15. The zero-order chi connectivity index (χ0) is 21.3. The van der Waals surface area contributed by atoms with Gasteiger partial charge in [-0.2, -0.15) is 0 Å². The van der Waals surface area contributed by atoms with Gasteiger partial charge < -0.3 is 4.57 Å². The average Bonchev–Trinajstić information content (AvgIpc) is 3.35. The van der Waals surface area contributed by atoms with Gasteiger partial charge in [0, 0.05) is 28.8 Å². The number of nitrogens with zero attached hydrogens (tertiary/aromatic N) is 5. The van der Waals surface area contributed by atoms with Gasteiger partial charge in [0.1, 0.15) is 0 Å². The first-order valence-corrected chi connectivity index (χ1v) is 10.2. The number of benzene rings is 2. The summed E-state index contributed by atoms with van der Waals surface area (Å²) in [6.07, 6.45) is 5.19. The molecule has 1 amide bonds. The Morgan fingerprint density at radius 1 is 1.17 bits per heavy atom. The number of carbonyl (C=O) groups is 1. The summed E-state index contributed by atoms with van der Waals surface area (Å²) in [6, 6.07) is 11.7. The number of aryl methyl sites for hydroxylation is 2. The number of rotatable bonds is 5. The highest BCUT2D eigenvalue weighted by atomic mass is 79.9. The summed E-state index contributed by atoms with van der Waals surface area (Å²) in [6.45, 7) is 4.68. The smallest absolute Gasteiger partial charge is 0.257 e. The summed E-state index contributed by atoms with van der Waals surface area (Å²) in [7, 11) is 1.90. The van der Waals surface area contributed by atoms with Crippen LogP contribution in [-0.4, -0.2) is 30.5 Å². The van der Waals surface area contributed by atoms with Crippen LogP contribution in [0.1, 0.15) is 27.0 Å². The van der Waals surface area contributed by atoms with Crippen LogP contribution in [0.15, 0.2) is 59.5 Å². The monoisotopic (exact) mass is 464 g/mol. The van der Waals surface area contributed by atoms with E-state index in [4.69, 9.17) is 0 Å². The molecule has 30 heavy (non-hydrogen) atoms. The molecule has 0 fully saturated rings. The number of anilines is 1. The molecule has 0 spiro atoms. The molecule has 4 aromatic rings. The first-order valence-electron chi connectivity index (χ1n) is 9.45. The molecule has 0 saturated heterocycles. The van der Waals surface area contributed by atoms with E-state index >= 15 is 0 Å². The molecule has 1 N–H and O–H groups in total. The van der Waals surface area contributed by atoms with E-state index in [0.717, 1.165) is 26.9 Å². The highest BCUT2D eigenvalue weighted by Crippen LogP contribution is 2.30. The zero-order valence-corrected chi connectivity index (χ0v) is 18.5. The van der Waals surface area contributed by atoms with Gasteiger partial charge in [0.2, 0.25) is 5.95 Å². The topological polar surface area (TPSA) is 77.6 Å². The van der Waals surface area contributed by atoms with Crippen LogP contribution in [0.4, 0.5) is 5.95 Å². The van der Waals surface area contributed by atoms with Crippen molar-refractivity contribution < 1.29 is 4.79 Å². The Labute approximate surface area is 182 Å². The SMILES string of the molecule is Cc1cc(C)c(-c2cnc(NC(=O)c3cccc(Cn4ccnn4)c3)n2C)cc1Br. The standard InChI is InChI=1S/C22H21BrN6O/c1-14-9-15(2)19(23)11-18(14)20-12-24-22(28(20)3)26-21(30)17-6-4-5-16(10-17)13-29-8-7-25-27-29/h4-12H,13H2,1-3H3,(H,24,26,30). The Hall–Kier alpha value is -3.26. The van der Waals surface area contributed by atoms with Crippen molar-refractivity contribution in [2.45, 2.75) is 20.4 Å². The van der Waals surface area contributed by atoms with E-state index in [-0.39, 0.29) is 5.91 Å². The molecular formula is C22H21BrN6O.